The van der Waals surface area contributed by atoms with Crippen molar-refractivity contribution in [1.29, 1.82) is 0 Å². The standard InChI is InChI=1S/C8H5ClNO4/c9-6-1-2-8(14-4-3-11)7(5-6)10(12)13/h1-2,5H,4H2. The number of halogens is 1. The number of rotatable bonds is 4. The van der Waals surface area contributed by atoms with Gasteiger partial charge in [-0.15, -0.1) is 0 Å². The van der Waals surface area contributed by atoms with Gasteiger partial charge in [-0.2, -0.15) is 0 Å². The minimum absolute atomic E-state index is 0.00255. The highest BCUT2D eigenvalue weighted by molar-refractivity contribution is 6.30. The number of hydrogen-bond donors (Lipinski definition) is 0. The van der Waals surface area contributed by atoms with E-state index in [1.54, 1.807) is 0 Å². The third-order valence-electron chi connectivity index (χ3n) is 1.40. The molecule has 0 saturated carbocycles. The topological polar surface area (TPSA) is 69.4 Å². The summed E-state index contributed by atoms with van der Waals surface area (Å²) in [5.74, 6) is 0.00255. The third kappa shape index (κ3) is 2.43. The van der Waals surface area contributed by atoms with Gasteiger partial charge in [-0.3, -0.25) is 14.9 Å². The molecular weight excluding hydrogens is 210 g/mol. The normalized spacial score (nSPS) is 9.50. The zero-order valence-corrected chi connectivity index (χ0v) is 7.65. The number of carbonyl (C=O) groups excluding carboxylic acids is 1. The molecule has 6 heteroatoms. The van der Waals surface area contributed by atoms with Gasteiger partial charge >= 0.3 is 5.69 Å². The van der Waals surface area contributed by atoms with Crippen molar-refractivity contribution in [2.24, 2.45) is 0 Å². The lowest BCUT2D eigenvalue weighted by Crippen LogP contribution is -2.00. The maximum Gasteiger partial charge on any atom is 0.312 e. The van der Waals surface area contributed by atoms with Gasteiger partial charge in [0.1, 0.15) is 0 Å². The van der Waals surface area contributed by atoms with E-state index >= 15 is 0 Å². The summed E-state index contributed by atoms with van der Waals surface area (Å²) in [6.45, 7) is -0.345. The van der Waals surface area contributed by atoms with Crippen LogP contribution in [0.2, 0.25) is 5.02 Å². The van der Waals surface area contributed by atoms with Crippen LogP contribution in [0.5, 0.6) is 5.75 Å². The van der Waals surface area contributed by atoms with Crippen molar-refractivity contribution in [2.45, 2.75) is 0 Å². The molecule has 14 heavy (non-hydrogen) atoms. The highest BCUT2D eigenvalue weighted by atomic mass is 35.5. The van der Waals surface area contributed by atoms with Gasteiger partial charge in [0.2, 0.25) is 6.29 Å². The largest absolute Gasteiger partial charge is 0.478 e. The van der Waals surface area contributed by atoms with E-state index < -0.39 is 4.92 Å². The van der Waals surface area contributed by atoms with Crippen LogP contribution in [0.4, 0.5) is 5.69 Å². The highest BCUT2D eigenvalue weighted by Gasteiger charge is 2.15. The number of nitro benzene ring substituents is 1. The van der Waals surface area contributed by atoms with E-state index in [1.807, 2.05) is 0 Å². The van der Waals surface area contributed by atoms with Crippen LogP contribution in [0.3, 0.4) is 0 Å². The molecular formula is C8H5ClNO4. The predicted octanol–water partition coefficient (Wildman–Crippen LogP) is 1.74. The Hall–Kier alpha value is -1.62. The van der Waals surface area contributed by atoms with E-state index in [4.69, 9.17) is 16.3 Å². The Morgan fingerprint density at radius 1 is 1.57 bits per heavy atom. The molecule has 0 saturated heterocycles. The van der Waals surface area contributed by atoms with Crippen LogP contribution in [0, 0.1) is 10.1 Å². The molecule has 0 amide bonds. The van der Waals surface area contributed by atoms with E-state index in [9.17, 15) is 14.9 Å². The minimum atomic E-state index is -0.633. The van der Waals surface area contributed by atoms with Crippen LogP contribution in [-0.4, -0.2) is 17.8 Å². The van der Waals surface area contributed by atoms with Crippen LogP contribution >= 0.6 is 11.6 Å². The van der Waals surface area contributed by atoms with E-state index in [-0.39, 0.29) is 23.1 Å². The van der Waals surface area contributed by atoms with Gasteiger partial charge in [-0.05, 0) is 12.1 Å². The molecule has 0 N–H and O–H groups in total. The molecule has 0 aliphatic carbocycles. The fourth-order valence-corrected chi connectivity index (χ4v) is 1.03. The van der Waals surface area contributed by atoms with Crippen molar-refractivity contribution in [2.75, 3.05) is 6.61 Å². The van der Waals surface area contributed by atoms with E-state index in [0.717, 1.165) is 6.07 Å². The fraction of sp³-hybridized carbons (Fsp3) is 0.125. The second-order valence-corrected chi connectivity index (χ2v) is 2.74. The molecule has 1 aromatic carbocycles. The van der Waals surface area contributed by atoms with Gasteiger partial charge in [-0.25, -0.2) is 0 Å². The molecule has 0 aliphatic heterocycles. The zero-order valence-electron chi connectivity index (χ0n) is 6.90. The number of hydrogen-bond acceptors (Lipinski definition) is 4. The zero-order chi connectivity index (χ0) is 10.6. The lowest BCUT2D eigenvalue weighted by atomic mass is 10.3. The number of nitro groups is 1. The maximum atomic E-state index is 10.5. The summed E-state index contributed by atoms with van der Waals surface area (Å²) in [5.41, 5.74) is -0.271. The molecule has 1 radical (unpaired) electrons. The van der Waals surface area contributed by atoms with Gasteiger partial charge in [0.05, 0.1) is 4.92 Å². The average molecular weight is 215 g/mol. The lowest BCUT2D eigenvalue weighted by molar-refractivity contribution is -0.385. The van der Waals surface area contributed by atoms with Gasteiger partial charge in [0.25, 0.3) is 0 Å². The molecule has 0 bridgehead atoms. The molecule has 0 aliphatic rings. The van der Waals surface area contributed by atoms with E-state index in [2.05, 4.69) is 0 Å². The summed E-state index contributed by atoms with van der Waals surface area (Å²) in [4.78, 5) is 19.8. The number of benzene rings is 1. The van der Waals surface area contributed by atoms with Crippen molar-refractivity contribution in [3.8, 4) is 5.75 Å². The van der Waals surface area contributed by atoms with Gasteiger partial charge < -0.3 is 4.74 Å². The van der Waals surface area contributed by atoms with Crippen molar-refractivity contribution in [1.82, 2.24) is 0 Å². The summed E-state index contributed by atoms with van der Waals surface area (Å²) < 4.78 is 4.78. The Kier molecular flexibility index (Phi) is 3.41. The third-order valence-corrected chi connectivity index (χ3v) is 1.64. The molecule has 1 aromatic rings. The quantitative estimate of drug-likeness (QED) is 0.565. The summed E-state index contributed by atoms with van der Waals surface area (Å²) in [7, 11) is 0. The molecule has 0 atom stereocenters. The molecule has 5 nitrogen and oxygen atoms in total. The Balaban J connectivity index is 3.01. The highest BCUT2D eigenvalue weighted by Crippen LogP contribution is 2.29. The SMILES string of the molecule is O=[C]COc1ccc(Cl)cc1[N+](=O)[O-]. The van der Waals surface area contributed by atoms with Crippen LogP contribution in [0.15, 0.2) is 18.2 Å². The second kappa shape index (κ2) is 4.57. The van der Waals surface area contributed by atoms with Crippen molar-refractivity contribution < 1.29 is 14.5 Å². The summed E-state index contributed by atoms with van der Waals surface area (Å²) in [5, 5.41) is 10.7. The maximum absolute atomic E-state index is 10.5. The molecule has 0 fully saturated rings. The summed E-state index contributed by atoms with van der Waals surface area (Å²) >= 11 is 5.56. The van der Waals surface area contributed by atoms with Crippen molar-refractivity contribution in [3.63, 3.8) is 0 Å². The molecule has 73 valence electrons. The van der Waals surface area contributed by atoms with Crippen molar-refractivity contribution >= 4 is 23.6 Å². The van der Waals surface area contributed by atoms with Crippen molar-refractivity contribution in [3.05, 3.63) is 33.3 Å². The Bertz CT molecular complexity index is 366. The summed E-state index contributed by atoms with van der Waals surface area (Å²) in [6, 6.07) is 3.92. The van der Waals surface area contributed by atoms with Gasteiger partial charge in [0, 0.05) is 11.1 Å². The lowest BCUT2D eigenvalue weighted by Gasteiger charge is -2.02. The average Bonchev–Trinajstić information content (AvgIpc) is 2.15. The first-order chi connectivity index (χ1) is 6.65. The Morgan fingerprint density at radius 2 is 2.29 bits per heavy atom. The molecule has 1 rings (SSSR count). The minimum Gasteiger partial charge on any atom is -0.478 e. The van der Waals surface area contributed by atoms with Crippen LogP contribution < -0.4 is 4.74 Å². The van der Waals surface area contributed by atoms with E-state index in [1.165, 1.54) is 18.4 Å². The first-order valence-electron chi connectivity index (χ1n) is 3.57. The number of ether oxygens (including phenoxy) is 1. The predicted molar refractivity (Wildman–Crippen MR) is 49.3 cm³/mol. The summed E-state index contributed by atoms with van der Waals surface area (Å²) in [6.07, 6.45) is 1.47. The van der Waals surface area contributed by atoms with Crippen LogP contribution in [0.25, 0.3) is 0 Å². The molecule has 0 spiro atoms. The van der Waals surface area contributed by atoms with Gasteiger partial charge in [-0.1, -0.05) is 11.6 Å². The molecule has 0 aromatic heterocycles. The van der Waals surface area contributed by atoms with Crippen LogP contribution in [0.1, 0.15) is 0 Å². The van der Waals surface area contributed by atoms with Gasteiger partial charge in [0.15, 0.2) is 12.4 Å². The second-order valence-electron chi connectivity index (χ2n) is 2.30. The number of nitrogens with zero attached hydrogens (tertiary/aromatic N) is 1. The Morgan fingerprint density at radius 3 is 2.86 bits per heavy atom. The smallest absolute Gasteiger partial charge is 0.312 e. The molecule has 0 unspecified atom stereocenters. The first kappa shape index (κ1) is 10.5. The fourth-order valence-electron chi connectivity index (χ4n) is 0.862. The molecule has 0 heterocycles. The van der Waals surface area contributed by atoms with Crippen LogP contribution in [-0.2, 0) is 4.79 Å². The Labute approximate surface area is 84.4 Å². The first-order valence-corrected chi connectivity index (χ1v) is 3.94. The monoisotopic (exact) mass is 214 g/mol. The van der Waals surface area contributed by atoms with E-state index in [0.29, 0.717) is 0 Å².